The molecule has 1 aliphatic heterocycles. The molecule has 1 saturated heterocycles. The second-order valence-electron chi connectivity index (χ2n) is 8.15. The van der Waals surface area contributed by atoms with Crippen LogP contribution in [0.1, 0.15) is 21.6 Å². The fourth-order valence-corrected chi connectivity index (χ4v) is 4.76. The van der Waals surface area contributed by atoms with Gasteiger partial charge in [-0.3, -0.25) is 9.69 Å². The number of piperazine rings is 1. The van der Waals surface area contributed by atoms with Crippen LogP contribution in [0.25, 0.3) is 11.3 Å². The van der Waals surface area contributed by atoms with E-state index in [1.165, 1.54) is 0 Å². The Balaban J connectivity index is 1.30. The van der Waals surface area contributed by atoms with Crippen molar-refractivity contribution >= 4 is 34.8 Å². The minimum absolute atomic E-state index is 0.0252. The van der Waals surface area contributed by atoms with Crippen LogP contribution in [-0.4, -0.2) is 55.1 Å². The van der Waals surface area contributed by atoms with E-state index in [9.17, 15) is 4.79 Å². The van der Waals surface area contributed by atoms with Crippen molar-refractivity contribution in [3.63, 3.8) is 0 Å². The molecular weight excluding hydrogens is 443 g/mol. The average Bonchev–Trinajstić information content (AvgIpc) is 3.10. The van der Waals surface area contributed by atoms with Crippen LogP contribution >= 0.6 is 23.2 Å². The van der Waals surface area contributed by atoms with E-state index in [1.54, 1.807) is 0 Å². The number of aromatic amines is 1. The molecule has 1 aliphatic rings. The number of anilines is 1. The first-order valence-corrected chi connectivity index (χ1v) is 11.7. The fraction of sp³-hybridized carbons (Fsp3) is 0.320. The van der Waals surface area contributed by atoms with E-state index in [0.717, 1.165) is 66.5 Å². The Morgan fingerprint density at radius 1 is 1.00 bits per heavy atom. The molecule has 2 N–H and O–H groups in total. The molecule has 1 fully saturated rings. The minimum atomic E-state index is -0.0252. The van der Waals surface area contributed by atoms with Crippen LogP contribution in [0, 0.1) is 13.8 Å². The Hall–Kier alpha value is -2.47. The summed E-state index contributed by atoms with van der Waals surface area (Å²) in [7, 11) is 0. The number of halogens is 2. The first kappa shape index (κ1) is 22.7. The number of aromatic nitrogens is 1. The summed E-state index contributed by atoms with van der Waals surface area (Å²) in [5.41, 5.74) is 5.70. The monoisotopic (exact) mass is 470 g/mol. The van der Waals surface area contributed by atoms with E-state index >= 15 is 0 Å². The number of nitrogens with zero attached hydrogens (tertiary/aromatic N) is 2. The van der Waals surface area contributed by atoms with Crippen LogP contribution in [0.15, 0.2) is 48.5 Å². The van der Waals surface area contributed by atoms with Crippen molar-refractivity contribution < 1.29 is 4.79 Å². The van der Waals surface area contributed by atoms with Gasteiger partial charge in [0.25, 0.3) is 5.91 Å². The highest BCUT2D eigenvalue weighted by Gasteiger charge is 2.21. The molecule has 32 heavy (non-hydrogen) atoms. The van der Waals surface area contributed by atoms with Crippen molar-refractivity contribution in [1.29, 1.82) is 0 Å². The number of nitrogens with one attached hydrogen (secondary N) is 2. The van der Waals surface area contributed by atoms with E-state index in [0.29, 0.717) is 16.6 Å². The number of benzene rings is 2. The van der Waals surface area contributed by atoms with Gasteiger partial charge in [-0.2, -0.15) is 0 Å². The lowest BCUT2D eigenvalue weighted by Gasteiger charge is -2.36. The smallest absolute Gasteiger partial charge is 0.253 e. The zero-order valence-electron chi connectivity index (χ0n) is 18.4. The molecule has 0 spiro atoms. The molecule has 0 bridgehead atoms. The maximum absolute atomic E-state index is 12.9. The van der Waals surface area contributed by atoms with Crippen LogP contribution in [0.4, 0.5) is 5.69 Å². The van der Waals surface area contributed by atoms with E-state index in [2.05, 4.69) is 32.2 Å². The Morgan fingerprint density at radius 3 is 2.44 bits per heavy atom. The second-order valence-corrected chi connectivity index (χ2v) is 8.93. The molecule has 0 unspecified atom stereocenters. The quantitative estimate of drug-likeness (QED) is 0.523. The highest BCUT2D eigenvalue weighted by molar-refractivity contribution is 6.43. The Kier molecular flexibility index (Phi) is 7.09. The molecule has 7 heteroatoms. The van der Waals surface area contributed by atoms with Gasteiger partial charge in [-0.25, -0.2) is 0 Å². The van der Waals surface area contributed by atoms with Gasteiger partial charge >= 0.3 is 0 Å². The maximum atomic E-state index is 12.9. The van der Waals surface area contributed by atoms with Gasteiger partial charge in [-0.1, -0.05) is 59.6 Å². The molecule has 1 aromatic heterocycles. The molecule has 5 nitrogen and oxygen atoms in total. The van der Waals surface area contributed by atoms with Crippen molar-refractivity contribution in [2.24, 2.45) is 0 Å². The van der Waals surface area contributed by atoms with E-state index in [4.69, 9.17) is 23.2 Å². The third-order valence-electron chi connectivity index (χ3n) is 6.08. The molecule has 0 radical (unpaired) electrons. The molecule has 0 saturated carbocycles. The molecule has 2 aromatic carbocycles. The Morgan fingerprint density at radius 2 is 1.72 bits per heavy atom. The standard InChI is InChI=1S/C25H28Cl2N4O/c1-17-22(18(2)29-24(17)19-7-4-3-5-8-19)25(32)28-11-12-30-13-15-31(16-14-30)21-10-6-9-20(26)23(21)27/h3-10,29H,11-16H2,1-2H3,(H,28,32). The van der Waals surface area contributed by atoms with E-state index < -0.39 is 0 Å². The van der Waals surface area contributed by atoms with Crippen LogP contribution in [0.2, 0.25) is 10.0 Å². The molecule has 2 heterocycles. The largest absolute Gasteiger partial charge is 0.368 e. The number of amides is 1. The number of rotatable bonds is 6. The number of hydrogen-bond donors (Lipinski definition) is 2. The number of H-pyrrole nitrogens is 1. The van der Waals surface area contributed by atoms with Crippen molar-refractivity contribution in [2.75, 3.05) is 44.2 Å². The molecule has 168 valence electrons. The summed E-state index contributed by atoms with van der Waals surface area (Å²) < 4.78 is 0. The van der Waals surface area contributed by atoms with Gasteiger partial charge in [-0.05, 0) is 37.1 Å². The predicted octanol–water partition coefficient (Wildman–Crippen LogP) is 5.16. The fourth-order valence-electron chi connectivity index (χ4n) is 4.35. The first-order chi connectivity index (χ1) is 15.5. The van der Waals surface area contributed by atoms with Crippen LogP contribution in [-0.2, 0) is 0 Å². The molecule has 4 rings (SSSR count). The van der Waals surface area contributed by atoms with E-state index in [-0.39, 0.29) is 5.91 Å². The van der Waals surface area contributed by atoms with Crippen LogP contribution in [0.5, 0.6) is 0 Å². The first-order valence-electron chi connectivity index (χ1n) is 10.9. The van der Waals surface area contributed by atoms with Crippen LogP contribution in [0.3, 0.4) is 0 Å². The van der Waals surface area contributed by atoms with Crippen molar-refractivity contribution in [2.45, 2.75) is 13.8 Å². The topological polar surface area (TPSA) is 51.4 Å². The number of carbonyl (C=O) groups excluding carboxylic acids is 1. The summed E-state index contributed by atoms with van der Waals surface area (Å²) in [6.07, 6.45) is 0. The minimum Gasteiger partial charge on any atom is -0.368 e. The summed E-state index contributed by atoms with van der Waals surface area (Å²) in [5, 5.41) is 4.30. The number of carbonyl (C=O) groups is 1. The Bertz CT molecular complexity index is 1090. The summed E-state index contributed by atoms with van der Waals surface area (Å²) in [6, 6.07) is 15.9. The highest BCUT2D eigenvalue weighted by atomic mass is 35.5. The summed E-state index contributed by atoms with van der Waals surface area (Å²) in [5.74, 6) is -0.0252. The third-order valence-corrected chi connectivity index (χ3v) is 6.89. The van der Waals surface area contributed by atoms with Gasteiger partial charge in [0.2, 0.25) is 0 Å². The van der Waals surface area contributed by atoms with Crippen molar-refractivity contribution in [3.05, 3.63) is 75.4 Å². The molecular formula is C25H28Cl2N4O. The normalized spacial score (nSPS) is 14.6. The zero-order valence-corrected chi connectivity index (χ0v) is 19.9. The average molecular weight is 471 g/mol. The molecule has 0 aliphatic carbocycles. The van der Waals surface area contributed by atoms with Gasteiger partial charge in [-0.15, -0.1) is 0 Å². The molecule has 3 aromatic rings. The summed E-state index contributed by atoms with van der Waals surface area (Å²) >= 11 is 12.5. The molecule has 0 atom stereocenters. The summed E-state index contributed by atoms with van der Waals surface area (Å²) in [6.45, 7) is 8.97. The lowest BCUT2D eigenvalue weighted by molar-refractivity contribution is 0.0947. The SMILES string of the molecule is Cc1[nH]c(-c2ccccc2)c(C)c1C(=O)NCCN1CCN(c2cccc(Cl)c2Cl)CC1. The summed E-state index contributed by atoms with van der Waals surface area (Å²) in [4.78, 5) is 20.9. The zero-order chi connectivity index (χ0) is 22.7. The van der Waals surface area contributed by atoms with Gasteiger partial charge in [0, 0.05) is 50.7 Å². The third kappa shape index (κ3) is 4.80. The van der Waals surface area contributed by atoms with Crippen LogP contribution < -0.4 is 10.2 Å². The van der Waals surface area contributed by atoms with Gasteiger partial charge in [0.15, 0.2) is 0 Å². The maximum Gasteiger partial charge on any atom is 0.253 e. The predicted molar refractivity (Wildman–Crippen MR) is 133 cm³/mol. The lowest BCUT2D eigenvalue weighted by atomic mass is 10.0. The van der Waals surface area contributed by atoms with Gasteiger partial charge in [0.05, 0.1) is 21.3 Å². The van der Waals surface area contributed by atoms with Gasteiger partial charge in [0.1, 0.15) is 0 Å². The van der Waals surface area contributed by atoms with Crippen molar-refractivity contribution in [1.82, 2.24) is 15.2 Å². The lowest BCUT2D eigenvalue weighted by Crippen LogP contribution is -2.48. The Labute approximate surface area is 199 Å². The number of aryl methyl sites for hydroxylation is 1. The van der Waals surface area contributed by atoms with Gasteiger partial charge < -0.3 is 15.2 Å². The number of hydrogen-bond acceptors (Lipinski definition) is 3. The second kappa shape index (κ2) is 9.99. The highest BCUT2D eigenvalue weighted by Crippen LogP contribution is 2.33. The van der Waals surface area contributed by atoms with Crippen molar-refractivity contribution in [3.8, 4) is 11.3 Å². The molecule has 1 amide bonds. The van der Waals surface area contributed by atoms with E-state index in [1.807, 2.05) is 50.2 Å².